The van der Waals surface area contributed by atoms with E-state index in [1.54, 1.807) is 38.1 Å². The average Bonchev–Trinajstić information content (AvgIpc) is 2.71. The van der Waals surface area contributed by atoms with Crippen LogP contribution in [0, 0.1) is 0 Å². The molecule has 2 rings (SSSR count). The van der Waals surface area contributed by atoms with Gasteiger partial charge in [-0.15, -0.1) is 0 Å². The van der Waals surface area contributed by atoms with Crippen LogP contribution in [0.5, 0.6) is 0 Å². The largest absolute Gasteiger partial charge is 0.352 e. The van der Waals surface area contributed by atoms with Gasteiger partial charge < -0.3 is 10.6 Å². The lowest BCUT2D eigenvalue weighted by Crippen LogP contribution is -2.33. The lowest BCUT2D eigenvalue weighted by atomic mass is 10.1. The van der Waals surface area contributed by atoms with E-state index in [2.05, 4.69) is 10.6 Å². The van der Waals surface area contributed by atoms with E-state index >= 15 is 0 Å². The number of nitrogens with zero attached hydrogens (tertiary/aromatic N) is 1. The monoisotopic (exact) mass is 417 g/mol. The maximum Gasteiger partial charge on any atom is 0.255 e. The van der Waals surface area contributed by atoms with Gasteiger partial charge in [0.05, 0.1) is 4.90 Å². The van der Waals surface area contributed by atoms with Gasteiger partial charge in [-0.2, -0.15) is 4.31 Å². The van der Waals surface area contributed by atoms with E-state index in [1.165, 1.54) is 35.6 Å². The van der Waals surface area contributed by atoms with Crippen LogP contribution in [0.25, 0.3) is 0 Å². The molecule has 0 unspecified atom stereocenters. The fourth-order valence-electron chi connectivity index (χ4n) is 2.50. The van der Waals surface area contributed by atoms with Gasteiger partial charge in [0.2, 0.25) is 10.0 Å². The number of amides is 2. The van der Waals surface area contributed by atoms with E-state index in [4.69, 9.17) is 0 Å². The lowest BCUT2D eigenvalue weighted by Gasteiger charge is -2.21. The Balaban J connectivity index is 2.13. The van der Waals surface area contributed by atoms with Crippen molar-refractivity contribution in [2.24, 2.45) is 0 Å². The van der Waals surface area contributed by atoms with Crippen molar-refractivity contribution in [1.29, 1.82) is 0 Å². The third-order valence-electron chi connectivity index (χ3n) is 4.44. The summed E-state index contributed by atoms with van der Waals surface area (Å²) in [6.07, 6.45) is 0.834. The summed E-state index contributed by atoms with van der Waals surface area (Å²) in [6.45, 7) is 6.12. The van der Waals surface area contributed by atoms with Crippen LogP contribution in [-0.4, -0.2) is 44.2 Å². The number of hydrogen-bond donors (Lipinski definition) is 2. The van der Waals surface area contributed by atoms with E-state index in [-0.39, 0.29) is 16.8 Å². The molecule has 0 radical (unpaired) electrons. The van der Waals surface area contributed by atoms with Gasteiger partial charge in [-0.05, 0) is 62.7 Å². The summed E-state index contributed by atoms with van der Waals surface area (Å²) in [5.74, 6) is -0.593. The number of hydrogen-bond acceptors (Lipinski definition) is 4. The summed E-state index contributed by atoms with van der Waals surface area (Å²) in [4.78, 5) is 24.7. The number of rotatable bonds is 8. The molecule has 0 bridgehead atoms. The second kappa shape index (κ2) is 9.67. The first-order valence-electron chi connectivity index (χ1n) is 9.44. The Morgan fingerprint density at radius 3 is 2.24 bits per heavy atom. The zero-order valence-electron chi connectivity index (χ0n) is 17.1. The van der Waals surface area contributed by atoms with E-state index in [9.17, 15) is 18.0 Å². The van der Waals surface area contributed by atoms with Crippen LogP contribution in [0.2, 0.25) is 0 Å². The van der Waals surface area contributed by atoms with Crippen LogP contribution in [0.1, 0.15) is 47.9 Å². The molecule has 0 saturated carbocycles. The van der Waals surface area contributed by atoms with Crippen LogP contribution in [-0.2, 0) is 10.0 Å². The molecule has 7 nitrogen and oxygen atoms in total. The molecule has 0 heterocycles. The summed E-state index contributed by atoms with van der Waals surface area (Å²) in [6, 6.07) is 12.2. The number of nitrogens with one attached hydrogen (secondary N) is 2. The maximum absolute atomic E-state index is 12.5. The lowest BCUT2D eigenvalue weighted by molar-refractivity contribution is 0.0952. The quantitative estimate of drug-likeness (QED) is 0.690. The summed E-state index contributed by atoms with van der Waals surface area (Å²) in [5.41, 5.74) is 1.25. The van der Waals surface area contributed by atoms with Crippen LogP contribution >= 0.6 is 0 Å². The summed E-state index contributed by atoms with van der Waals surface area (Å²) < 4.78 is 26.3. The first-order valence-corrected chi connectivity index (χ1v) is 10.9. The van der Waals surface area contributed by atoms with E-state index < -0.39 is 15.9 Å². The van der Waals surface area contributed by atoms with Crippen molar-refractivity contribution < 1.29 is 18.0 Å². The first-order chi connectivity index (χ1) is 13.7. The molecule has 0 aliphatic rings. The molecule has 0 aromatic heterocycles. The van der Waals surface area contributed by atoms with Crippen molar-refractivity contribution in [2.45, 2.75) is 38.1 Å². The fourth-order valence-corrected chi connectivity index (χ4v) is 3.87. The topological polar surface area (TPSA) is 95.6 Å². The Bertz CT molecular complexity index is 970. The molecular formula is C21H27N3O4S. The Hall–Kier alpha value is -2.71. The predicted molar refractivity (Wildman–Crippen MR) is 114 cm³/mol. The molecule has 0 saturated heterocycles. The summed E-state index contributed by atoms with van der Waals surface area (Å²) >= 11 is 0. The zero-order chi connectivity index (χ0) is 21.6. The van der Waals surface area contributed by atoms with Crippen molar-refractivity contribution in [3.63, 3.8) is 0 Å². The SMILES string of the molecule is CCCNC(=O)c1cccc(NC(=O)c2ccc(S(=O)(=O)N(C)C(C)C)cc2)c1. The molecule has 0 aliphatic carbocycles. The van der Waals surface area contributed by atoms with Crippen LogP contribution in [0.3, 0.4) is 0 Å². The van der Waals surface area contributed by atoms with Gasteiger partial charge >= 0.3 is 0 Å². The fraction of sp³-hybridized carbons (Fsp3) is 0.333. The molecule has 2 N–H and O–H groups in total. The Morgan fingerprint density at radius 1 is 1.00 bits per heavy atom. The van der Waals surface area contributed by atoms with E-state index in [1.807, 2.05) is 6.92 Å². The average molecular weight is 418 g/mol. The molecule has 0 atom stereocenters. The van der Waals surface area contributed by atoms with Crippen LogP contribution < -0.4 is 10.6 Å². The van der Waals surface area contributed by atoms with Crippen molar-refractivity contribution in [3.8, 4) is 0 Å². The minimum Gasteiger partial charge on any atom is -0.352 e. The van der Waals surface area contributed by atoms with Crippen molar-refractivity contribution >= 4 is 27.5 Å². The number of carbonyl (C=O) groups is 2. The molecule has 8 heteroatoms. The van der Waals surface area contributed by atoms with E-state index in [0.717, 1.165) is 6.42 Å². The van der Waals surface area contributed by atoms with Crippen molar-refractivity contribution in [1.82, 2.24) is 9.62 Å². The Kier molecular flexibility index (Phi) is 7.53. The second-order valence-electron chi connectivity index (χ2n) is 6.93. The maximum atomic E-state index is 12.5. The summed E-state index contributed by atoms with van der Waals surface area (Å²) in [7, 11) is -2.09. The Morgan fingerprint density at radius 2 is 1.66 bits per heavy atom. The van der Waals surface area contributed by atoms with Crippen molar-refractivity contribution in [3.05, 3.63) is 59.7 Å². The minimum atomic E-state index is -3.61. The number of sulfonamides is 1. The molecule has 0 spiro atoms. The van der Waals surface area contributed by atoms with Gasteiger partial charge in [-0.25, -0.2) is 8.42 Å². The zero-order valence-corrected chi connectivity index (χ0v) is 17.9. The Labute approximate surface area is 172 Å². The standard InChI is InChI=1S/C21H27N3O4S/c1-5-13-22-20(25)17-7-6-8-18(14-17)23-21(26)16-9-11-19(12-10-16)29(27,28)24(4)15(2)3/h6-12,14-15H,5,13H2,1-4H3,(H,22,25)(H,23,26). The third kappa shape index (κ3) is 5.65. The molecule has 0 fully saturated rings. The molecule has 29 heavy (non-hydrogen) atoms. The number of carbonyl (C=O) groups excluding carboxylic acids is 2. The first kappa shape index (κ1) is 22.6. The minimum absolute atomic E-state index is 0.125. The van der Waals surface area contributed by atoms with Crippen LogP contribution in [0.4, 0.5) is 5.69 Å². The number of benzene rings is 2. The van der Waals surface area contributed by atoms with Gasteiger partial charge in [0, 0.05) is 36.4 Å². The molecular weight excluding hydrogens is 390 g/mol. The van der Waals surface area contributed by atoms with Crippen LogP contribution in [0.15, 0.2) is 53.4 Å². The van der Waals surface area contributed by atoms with Gasteiger partial charge in [0.1, 0.15) is 0 Å². The molecule has 2 aromatic carbocycles. The highest BCUT2D eigenvalue weighted by Gasteiger charge is 2.23. The molecule has 2 amide bonds. The number of anilines is 1. The predicted octanol–water partition coefficient (Wildman–Crippen LogP) is 3.11. The molecule has 2 aromatic rings. The highest BCUT2D eigenvalue weighted by atomic mass is 32.2. The molecule has 0 aliphatic heterocycles. The smallest absolute Gasteiger partial charge is 0.255 e. The normalized spacial score (nSPS) is 11.5. The van der Waals surface area contributed by atoms with Gasteiger partial charge in [-0.1, -0.05) is 13.0 Å². The van der Waals surface area contributed by atoms with Crippen molar-refractivity contribution in [2.75, 3.05) is 18.9 Å². The van der Waals surface area contributed by atoms with Gasteiger partial charge in [0.25, 0.3) is 11.8 Å². The van der Waals surface area contributed by atoms with Gasteiger partial charge in [-0.3, -0.25) is 9.59 Å². The third-order valence-corrected chi connectivity index (χ3v) is 6.49. The highest BCUT2D eigenvalue weighted by molar-refractivity contribution is 7.89. The summed E-state index contributed by atoms with van der Waals surface area (Å²) in [5, 5.41) is 5.52. The highest BCUT2D eigenvalue weighted by Crippen LogP contribution is 2.18. The molecule has 156 valence electrons. The van der Waals surface area contributed by atoms with E-state index in [0.29, 0.717) is 23.4 Å². The van der Waals surface area contributed by atoms with Gasteiger partial charge in [0.15, 0.2) is 0 Å². The second-order valence-corrected chi connectivity index (χ2v) is 8.93.